The molecule has 2 aliphatic heterocycles. The first-order valence-electron chi connectivity index (χ1n) is 10.3. The van der Waals surface area contributed by atoms with Crippen molar-refractivity contribution in [2.75, 3.05) is 37.7 Å². The maximum atomic E-state index is 12.5. The van der Waals surface area contributed by atoms with Crippen LogP contribution in [0.5, 0.6) is 0 Å². The van der Waals surface area contributed by atoms with Crippen LogP contribution in [0.2, 0.25) is 0 Å². The third-order valence-corrected chi connectivity index (χ3v) is 6.28. The van der Waals surface area contributed by atoms with E-state index in [1.165, 1.54) is 12.8 Å². The van der Waals surface area contributed by atoms with Crippen LogP contribution in [0.1, 0.15) is 61.1 Å². The number of anilines is 1. The van der Waals surface area contributed by atoms with Crippen molar-refractivity contribution in [2.45, 2.75) is 58.6 Å². The Morgan fingerprint density at radius 1 is 1.33 bits per heavy atom. The number of aromatic nitrogens is 1. The van der Waals surface area contributed by atoms with E-state index in [9.17, 15) is 9.90 Å². The van der Waals surface area contributed by atoms with Gasteiger partial charge in [-0.15, -0.1) is 0 Å². The molecule has 0 atom stereocenters. The molecule has 27 heavy (non-hydrogen) atoms. The molecule has 1 amide bonds. The molecule has 2 fully saturated rings. The molecule has 0 radical (unpaired) electrons. The fraction of sp³-hybridized carbons (Fsp3) is 0.714. The number of carbonyl (C=O) groups is 1. The van der Waals surface area contributed by atoms with Gasteiger partial charge in [-0.1, -0.05) is 13.8 Å². The average Bonchev–Trinajstić information content (AvgIpc) is 3.35. The Morgan fingerprint density at radius 3 is 2.70 bits per heavy atom. The van der Waals surface area contributed by atoms with Gasteiger partial charge in [0.2, 0.25) is 0 Å². The average molecular weight is 373 g/mol. The minimum Gasteiger partial charge on any atom is -0.395 e. The first kappa shape index (κ1) is 18.7. The molecule has 1 N–H and O–H groups in total. The number of aliphatic hydroxyl groups is 1. The summed E-state index contributed by atoms with van der Waals surface area (Å²) in [7, 11) is 0. The van der Waals surface area contributed by atoms with Crippen LogP contribution in [0.4, 0.5) is 5.82 Å². The van der Waals surface area contributed by atoms with E-state index in [1.54, 1.807) is 4.90 Å². The number of pyridine rings is 1. The molecule has 6 nitrogen and oxygen atoms in total. The number of ether oxygens (including phenoxy) is 1. The molecule has 0 spiro atoms. The molecular formula is C21H31N3O3. The molecule has 3 heterocycles. The summed E-state index contributed by atoms with van der Waals surface area (Å²) in [5, 5.41) is 9.17. The predicted octanol–water partition coefficient (Wildman–Crippen LogP) is 2.38. The zero-order chi connectivity index (χ0) is 19.0. The van der Waals surface area contributed by atoms with Crippen LogP contribution in [-0.4, -0.2) is 59.8 Å². The molecule has 6 heteroatoms. The van der Waals surface area contributed by atoms with Gasteiger partial charge >= 0.3 is 0 Å². The number of hydrogen-bond acceptors (Lipinski definition) is 5. The van der Waals surface area contributed by atoms with Crippen LogP contribution in [0, 0.1) is 5.41 Å². The summed E-state index contributed by atoms with van der Waals surface area (Å²) >= 11 is 0. The van der Waals surface area contributed by atoms with Gasteiger partial charge in [0.25, 0.3) is 5.91 Å². The van der Waals surface area contributed by atoms with Gasteiger partial charge in [0.15, 0.2) is 0 Å². The molecule has 1 aromatic heterocycles. The number of nitrogens with zero attached hydrogens (tertiary/aromatic N) is 3. The fourth-order valence-electron chi connectivity index (χ4n) is 4.06. The normalized spacial score (nSPS) is 21.7. The van der Waals surface area contributed by atoms with E-state index in [0.29, 0.717) is 30.2 Å². The van der Waals surface area contributed by atoms with Crippen molar-refractivity contribution >= 4 is 11.7 Å². The smallest absolute Gasteiger partial charge is 0.256 e. The number of fused-ring (bicyclic) bond motifs is 1. The van der Waals surface area contributed by atoms with Gasteiger partial charge in [-0.3, -0.25) is 4.79 Å². The van der Waals surface area contributed by atoms with Crippen molar-refractivity contribution in [1.82, 2.24) is 9.88 Å². The third kappa shape index (κ3) is 3.83. The number of rotatable bonds is 7. The minimum absolute atomic E-state index is 0.00604. The maximum absolute atomic E-state index is 12.5. The number of aryl methyl sites for hydroxylation is 1. The second-order valence-corrected chi connectivity index (χ2v) is 8.58. The van der Waals surface area contributed by atoms with Crippen LogP contribution in [0.15, 0.2) is 6.07 Å². The van der Waals surface area contributed by atoms with Crippen molar-refractivity contribution in [3.63, 3.8) is 0 Å². The monoisotopic (exact) mass is 373 g/mol. The number of β-amino-alcohol motifs (C(OH)–C–C–N with tert-alkyl or cyclic N) is 1. The molecule has 1 aromatic rings. The number of piperidine rings is 1. The maximum Gasteiger partial charge on any atom is 0.256 e. The van der Waals surface area contributed by atoms with Crippen LogP contribution in [0.3, 0.4) is 0 Å². The van der Waals surface area contributed by atoms with Crippen LogP contribution < -0.4 is 4.90 Å². The Hall–Kier alpha value is -1.66. The summed E-state index contributed by atoms with van der Waals surface area (Å²) in [4.78, 5) is 21.4. The largest absolute Gasteiger partial charge is 0.395 e. The lowest BCUT2D eigenvalue weighted by Gasteiger charge is -2.34. The number of aliphatic hydroxyl groups excluding tert-OH is 1. The summed E-state index contributed by atoms with van der Waals surface area (Å²) in [5.41, 5.74) is 3.14. The second-order valence-electron chi connectivity index (χ2n) is 8.58. The highest BCUT2D eigenvalue weighted by Gasteiger charge is 2.38. The van der Waals surface area contributed by atoms with Crippen molar-refractivity contribution in [1.29, 1.82) is 0 Å². The Balaban J connectivity index is 1.43. The lowest BCUT2D eigenvalue weighted by atomic mass is 10.0. The zero-order valence-electron chi connectivity index (χ0n) is 16.5. The summed E-state index contributed by atoms with van der Waals surface area (Å²) in [6.45, 7) is 8.09. The highest BCUT2D eigenvalue weighted by molar-refractivity contribution is 5.98. The SMILES string of the molecule is CCc1cc2c(nc1N1CCC(OCC3(C)CC3)CC1)CN(CCO)C2=O. The van der Waals surface area contributed by atoms with E-state index in [4.69, 9.17) is 9.72 Å². The van der Waals surface area contributed by atoms with Crippen molar-refractivity contribution < 1.29 is 14.6 Å². The van der Waals surface area contributed by atoms with Crippen molar-refractivity contribution in [3.05, 3.63) is 22.9 Å². The standard InChI is InChI=1S/C21H31N3O3/c1-3-15-12-17-18(13-24(10-11-25)20(17)26)22-19(15)23-8-4-16(5-9-23)27-14-21(2)6-7-21/h12,16,25H,3-11,13-14H2,1-2H3. The first-order chi connectivity index (χ1) is 13.0. The van der Waals surface area contributed by atoms with E-state index < -0.39 is 0 Å². The highest BCUT2D eigenvalue weighted by Crippen LogP contribution is 2.45. The predicted molar refractivity (Wildman–Crippen MR) is 104 cm³/mol. The van der Waals surface area contributed by atoms with Crippen molar-refractivity contribution in [2.24, 2.45) is 5.41 Å². The molecular weight excluding hydrogens is 342 g/mol. The Labute approximate surface area is 161 Å². The number of hydrogen-bond donors (Lipinski definition) is 1. The van der Waals surface area contributed by atoms with E-state index in [1.807, 2.05) is 6.07 Å². The van der Waals surface area contributed by atoms with E-state index in [-0.39, 0.29) is 12.5 Å². The summed E-state index contributed by atoms with van der Waals surface area (Å²) in [6.07, 6.45) is 5.90. The van der Waals surface area contributed by atoms with Crippen LogP contribution in [-0.2, 0) is 17.7 Å². The molecule has 1 saturated heterocycles. The molecule has 1 aliphatic carbocycles. The van der Waals surface area contributed by atoms with E-state index >= 15 is 0 Å². The molecule has 3 aliphatic rings. The molecule has 148 valence electrons. The first-order valence-corrected chi connectivity index (χ1v) is 10.3. The molecule has 4 rings (SSSR count). The van der Waals surface area contributed by atoms with Gasteiger partial charge < -0.3 is 19.6 Å². The third-order valence-electron chi connectivity index (χ3n) is 6.28. The van der Waals surface area contributed by atoms with Gasteiger partial charge in [-0.05, 0) is 49.1 Å². The minimum atomic E-state index is -0.0141. The lowest BCUT2D eigenvalue weighted by molar-refractivity contribution is 0.0126. The summed E-state index contributed by atoms with van der Waals surface area (Å²) in [6, 6.07) is 2.02. The lowest BCUT2D eigenvalue weighted by Crippen LogP contribution is -2.38. The number of carbonyl (C=O) groups excluding carboxylic acids is 1. The van der Waals surface area contributed by atoms with Gasteiger partial charge in [0.05, 0.1) is 37.1 Å². The fourth-order valence-corrected chi connectivity index (χ4v) is 4.06. The van der Waals surface area contributed by atoms with Gasteiger partial charge in [0, 0.05) is 19.6 Å². The molecule has 1 saturated carbocycles. The van der Waals surface area contributed by atoms with Gasteiger partial charge in [-0.2, -0.15) is 0 Å². The van der Waals surface area contributed by atoms with Crippen LogP contribution >= 0.6 is 0 Å². The highest BCUT2D eigenvalue weighted by atomic mass is 16.5. The van der Waals surface area contributed by atoms with Gasteiger partial charge in [-0.25, -0.2) is 4.98 Å². The number of amides is 1. The van der Waals surface area contributed by atoms with Crippen molar-refractivity contribution in [3.8, 4) is 0 Å². The van der Waals surface area contributed by atoms with Gasteiger partial charge in [0.1, 0.15) is 5.82 Å². The topological polar surface area (TPSA) is 65.9 Å². The summed E-state index contributed by atoms with van der Waals surface area (Å²) in [5.74, 6) is 1.02. The summed E-state index contributed by atoms with van der Waals surface area (Å²) < 4.78 is 6.16. The van der Waals surface area contributed by atoms with E-state index in [2.05, 4.69) is 18.7 Å². The Kier molecular flexibility index (Phi) is 5.12. The van der Waals surface area contributed by atoms with Crippen LogP contribution in [0.25, 0.3) is 0 Å². The van der Waals surface area contributed by atoms with E-state index in [0.717, 1.165) is 56.0 Å². The Bertz CT molecular complexity index is 709. The second kappa shape index (κ2) is 7.40. The molecule has 0 aromatic carbocycles. The quantitative estimate of drug-likeness (QED) is 0.795. The zero-order valence-corrected chi connectivity index (χ0v) is 16.5. The molecule has 0 unspecified atom stereocenters. The molecule has 0 bridgehead atoms. The Morgan fingerprint density at radius 2 is 2.07 bits per heavy atom.